The van der Waals surface area contributed by atoms with Crippen molar-refractivity contribution in [2.45, 2.75) is 0 Å². The Labute approximate surface area is 128 Å². The zero-order valence-corrected chi connectivity index (χ0v) is 12.3. The first kappa shape index (κ1) is 15.0. The van der Waals surface area contributed by atoms with Crippen LogP contribution in [0.5, 0.6) is 0 Å². The van der Waals surface area contributed by atoms with Gasteiger partial charge in [-0.3, -0.25) is 20.4 Å². The van der Waals surface area contributed by atoms with E-state index in [0.717, 1.165) is 4.47 Å². The van der Waals surface area contributed by atoms with Crippen molar-refractivity contribution in [2.24, 2.45) is 0 Å². The summed E-state index contributed by atoms with van der Waals surface area (Å²) >= 11 is 3.20. The van der Waals surface area contributed by atoms with Gasteiger partial charge in [0.05, 0.1) is 0 Å². The fraction of sp³-hybridized carbons (Fsp3) is 0. The molecule has 1 aromatic carbocycles. The minimum absolute atomic E-state index is 0.302. The number of carbonyl (C=O) groups is 2. The maximum atomic E-state index is 12.9. The number of amides is 2. The van der Waals surface area contributed by atoms with Crippen LogP contribution in [0.1, 0.15) is 16.1 Å². The average Bonchev–Trinajstić information content (AvgIpc) is 2.89. The van der Waals surface area contributed by atoms with Crippen LogP contribution < -0.4 is 10.9 Å². The van der Waals surface area contributed by atoms with Crippen LogP contribution in [0.4, 0.5) is 4.39 Å². The molecule has 21 heavy (non-hydrogen) atoms. The first-order valence-corrected chi connectivity index (χ1v) is 6.72. The van der Waals surface area contributed by atoms with Crippen LogP contribution >= 0.6 is 15.9 Å². The lowest BCUT2D eigenvalue weighted by Gasteiger charge is -2.03. The molecule has 0 aliphatic rings. The monoisotopic (exact) mass is 351 g/mol. The number of nitrogens with one attached hydrogen (secondary N) is 3. The second-order valence-corrected chi connectivity index (χ2v) is 4.98. The number of aromatic nitrogens is 1. The number of rotatable bonds is 3. The van der Waals surface area contributed by atoms with E-state index in [0.29, 0.717) is 11.3 Å². The summed E-state index contributed by atoms with van der Waals surface area (Å²) in [4.78, 5) is 25.9. The molecule has 0 bridgehead atoms. The standard InChI is InChI=1S/C14H11BrFN3O2/c15-10-7-12(17-8-10)14(21)19-18-13(20)5-4-9-2-1-3-11(16)6-9/h1-8,17H,(H,18,20)(H,19,21)/b5-4+. The molecule has 3 N–H and O–H groups in total. The third-order valence-electron chi connectivity index (χ3n) is 2.47. The van der Waals surface area contributed by atoms with E-state index in [9.17, 15) is 14.0 Å². The predicted molar refractivity (Wildman–Crippen MR) is 79.5 cm³/mol. The molecule has 1 aromatic heterocycles. The van der Waals surface area contributed by atoms with Gasteiger partial charge in [-0.1, -0.05) is 12.1 Å². The van der Waals surface area contributed by atoms with Gasteiger partial charge >= 0.3 is 0 Å². The van der Waals surface area contributed by atoms with Crippen LogP contribution in [0.15, 0.2) is 47.1 Å². The fourth-order valence-electron chi connectivity index (χ4n) is 1.51. The first-order valence-electron chi connectivity index (χ1n) is 5.92. The average molecular weight is 352 g/mol. The lowest BCUT2D eigenvalue weighted by atomic mass is 10.2. The molecule has 2 rings (SSSR count). The summed E-state index contributed by atoms with van der Waals surface area (Å²) in [5.74, 6) is -1.39. The smallest absolute Gasteiger partial charge is 0.286 e. The molecule has 0 aliphatic carbocycles. The zero-order valence-electron chi connectivity index (χ0n) is 10.7. The summed E-state index contributed by atoms with van der Waals surface area (Å²) in [5, 5.41) is 0. The van der Waals surface area contributed by atoms with E-state index in [2.05, 4.69) is 31.8 Å². The molecule has 2 aromatic rings. The topological polar surface area (TPSA) is 74.0 Å². The minimum atomic E-state index is -0.529. The molecule has 0 atom stereocenters. The zero-order chi connectivity index (χ0) is 15.2. The number of hydrogen-bond acceptors (Lipinski definition) is 2. The van der Waals surface area contributed by atoms with Crippen molar-refractivity contribution in [3.63, 3.8) is 0 Å². The number of halogens is 2. The van der Waals surface area contributed by atoms with Crippen molar-refractivity contribution in [3.05, 3.63) is 64.2 Å². The highest BCUT2D eigenvalue weighted by molar-refractivity contribution is 9.10. The van der Waals surface area contributed by atoms with Crippen LogP contribution in [0, 0.1) is 5.82 Å². The van der Waals surface area contributed by atoms with Crippen LogP contribution in [0.25, 0.3) is 6.08 Å². The van der Waals surface area contributed by atoms with E-state index in [1.807, 2.05) is 0 Å². The quantitative estimate of drug-likeness (QED) is 0.586. The molecular formula is C14H11BrFN3O2. The Bertz CT molecular complexity index is 697. The Balaban J connectivity index is 1.86. The predicted octanol–water partition coefficient (Wildman–Crippen LogP) is 2.39. The minimum Gasteiger partial charge on any atom is -0.356 e. The Kier molecular flexibility index (Phi) is 4.89. The van der Waals surface area contributed by atoms with Crippen molar-refractivity contribution < 1.29 is 14.0 Å². The van der Waals surface area contributed by atoms with Gasteiger partial charge in [0.1, 0.15) is 11.5 Å². The van der Waals surface area contributed by atoms with E-state index in [1.165, 1.54) is 30.4 Å². The van der Waals surface area contributed by atoms with Crippen molar-refractivity contribution in [2.75, 3.05) is 0 Å². The van der Waals surface area contributed by atoms with Gasteiger partial charge in [-0.15, -0.1) is 0 Å². The molecule has 0 spiro atoms. The summed E-state index contributed by atoms with van der Waals surface area (Å²) < 4.78 is 13.7. The summed E-state index contributed by atoms with van der Waals surface area (Å²) in [6.45, 7) is 0. The third kappa shape index (κ3) is 4.57. The van der Waals surface area contributed by atoms with Gasteiger partial charge in [-0.25, -0.2) is 4.39 Å². The number of aromatic amines is 1. The Hall–Kier alpha value is -2.41. The summed E-state index contributed by atoms with van der Waals surface area (Å²) in [6, 6.07) is 7.37. The lowest BCUT2D eigenvalue weighted by Crippen LogP contribution is -2.40. The largest absolute Gasteiger partial charge is 0.356 e. The van der Waals surface area contributed by atoms with Gasteiger partial charge in [0, 0.05) is 16.7 Å². The second kappa shape index (κ2) is 6.85. The third-order valence-corrected chi connectivity index (χ3v) is 2.93. The Morgan fingerprint density at radius 2 is 2.05 bits per heavy atom. The number of benzene rings is 1. The lowest BCUT2D eigenvalue weighted by molar-refractivity contribution is -0.117. The number of H-pyrrole nitrogens is 1. The summed E-state index contributed by atoms with van der Waals surface area (Å²) in [6.07, 6.45) is 4.23. The van der Waals surface area contributed by atoms with Gasteiger partial charge in [0.25, 0.3) is 11.8 Å². The first-order chi connectivity index (χ1) is 10.0. The maximum absolute atomic E-state index is 12.9. The molecule has 0 fully saturated rings. The molecule has 5 nitrogen and oxygen atoms in total. The Morgan fingerprint density at radius 3 is 2.71 bits per heavy atom. The fourth-order valence-corrected chi connectivity index (χ4v) is 1.85. The van der Waals surface area contributed by atoms with E-state index >= 15 is 0 Å². The molecule has 108 valence electrons. The number of hydrazine groups is 1. The van der Waals surface area contributed by atoms with Crippen LogP contribution in [-0.2, 0) is 4.79 Å². The van der Waals surface area contributed by atoms with Crippen molar-refractivity contribution in [1.82, 2.24) is 15.8 Å². The Morgan fingerprint density at radius 1 is 1.24 bits per heavy atom. The van der Waals surface area contributed by atoms with Gasteiger partial charge in [-0.2, -0.15) is 0 Å². The molecule has 0 unspecified atom stereocenters. The van der Waals surface area contributed by atoms with Gasteiger partial charge in [-0.05, 0) is 45.8 Å². The highest BCUT2D eigenvalue weighted by Gasteiger charge is 2.07. The molecule has 0 aliphatic heterocycles. The van der Waals surface area contributed by atoms with Gasteiger partial charge in [0.2, 0.25) is 0 Å². The van der Waals surface area contributed by atoms with E-state index < -0.39 is 11.8 Å². The molecule has 7 heteroatoms. The van der Waals surface area contributed by atoms with E-state index in [-0.39, 0.29) is 5.82 Å². The van der Waals surface area contributed by atoms with Crippen molar-refractivity contribution >= 4 is 33.8 Å². The van der Waals surface area contributed by atoms with Crippen LogP contribution in [-0.4, -0.2) is 16.8 Å². The highest BCUT2D eigenvalue weighted by Crippen LogP contribution is 2.10. The maximum Gasteiger partial charge on any atom is 0.286 e. The normalized spacial score (nSPS) is 10.6. The molecule has 0 saturated heterocycles. The van der Waals surface area contributed by atoms with Gasteiger partial charge in [0.15, 0.2) is 0 Å². The molecular weight excluding hydrogens is 341 g/mol. The van der Waals surface area contributed by atoms with E-state index in [1.54, 1.807) is 18.3 Å². The van der Waals surface area contributed by atoms with Gasteiger partial charge < -0.3 is 4.98 Å². The summed E-state index contributed by atoms with van der Waals surface area (Å²) in [5.41, 5.74) is 5.31. The summed E-state index contributed by atoms with van der Waals surface area (Å²) in [7, 11) is 0. The molecule has 1 heterocycles. The SMILES string of the molecule is O=C(/C=C/c1cccc(F)c1)NNC(=O)c1cc(Br)c[nH]1. The molecule has 0 radical (unpaired) electrons. The van der Waals surface area contributed by atoms with Crippen molar-refractivity contribution in [1.29, 1.82) is 0 Å². The van der Waals surface area contributed by atoms with E-state index in [4.69, 9.17) is 0 Å². The second-order valence-electron chi connectivity index (χ2n) is 4.06. The van der Waals surface area contributed by atoms with Crippen molar-refractivity contribution in [3.8, 4) is 0 Å². The number of carbonyl (C=O) groups excluding carboxylic acids is 2. The highest BCUT2D eigenvalue weighted by atomic mass is 79.9. The molecule has 2 amide bonds. The number of hydrogen-bond donors (Lipinski definition) is 3. The van der Waals surface area contributed by atoms with Crippen LogP contribution in [0.3, 0.4) is 0 Å². The van der Waals surface area contributed by atoms with Crippen LogP contribution in [0.2, 0.25) is 0 Å². The molecule has 0 saturated carbocycles.